The number of benzene rings is 1. The van der Waals surface area contributed by atoms with Gasteiger partial charge >= 0.3 is 0 Å². The van der Waals surface area contributed by atoms with E-state index in [1.807, 2.05) is 24.5 Å². The summed E-state index contributed by atoms with van der Waals surface area (Å²) in [6, 6.07) is 6.99. The van der Waals surface area contributed by atoms with E-state index in [-0.39, 0.29) is 0 Å². The predicted molar refractivity (Wildman–Crippen MR) is 126 cm³/mol. The minimum Gasteiger partial charge on any atom is -0.376 e. The third-order valence-corrected chi connectivity index (χ3v) is 7.82. The van der Waals surface area contributed by atoms with Crippen LogP contribution in [0.15, 0.2) is 41.6 Å². The lowest BCUT2D eigenvalue weighted by Crippen LogP contribution is -2.35. The molecule has 32 heavy (non-hydrogen) atoms. The molecule has 0 N–H and O–H groups in total. The summed E-state index contributed by atoms with van der Waals surface area (Å²) in [5, 5.41) is 0. The molecule has 0 amide bonds. The van der Waals surface area contributed by atoms with Gasteiger partial charge in [0.25, 0.3) is 0 Å². The van der Waals surface area contributed by atoms with E-state index < -0.39 is 9.84 Å². The summed E-state index contributed by atoms with van der Waals surface area (Å²) >= 11 is 0. The third kappa shape index (κ3) is 6.07. The third-order valence-electron chi connectivity index (χ3n) is 6.69. The van der Waals surface area contributed by atoms with Gasteiger partial charge in [0.2, 0.25) is 5.95 Å². The topological polar surface area (TPSA) is 72.4 Å². The van der Waals surface area contributed by atoms with E-state index in [1.54, 1.807) is 12.1 Å². The van der Waals surface area contributed by atoms with Crippen molar-refractivity contribution >= 4 is 15.8 Å². The van der Waals surface area contributed by atoms with Gasteiger partial charge in [0, 0.05) is 31.7 Å². The van der Waals surface area contributed by atoms with Gasteiger partial charge in [-0.2, -0.15) is 0 Å². The van der Waals surface area contributed by atoms with E-state index in [0.717, 1.165) is 49.5 Å². The summed E-state index contributed by atoms with van der Waals surface area (Å²) in [5.41, 5.74) is 2.23. The Hall–Kier alpha value is -1.99. The molecular weight excluding hydrogens is 422 g/mol. The lowest BCUT2D eigenvalue weighted by molar-refractivity contribution is 0.104. The highest BCUT2D eigenvalue weighted by molar-refractivity contribution is 7.90. The van der Waals surface area contributed by atoms with Crippen molar-refractivity contribution in [3.05, 3.63) is 47.8 Å². The van der Waals surface area contributed by atoms with Crippen molar-refractivity contribution in [1.82, 2.24) is 9.97 Å². The number of hydrogen-bond donors (Lipinski definition) is 0. The van der Waals surface area contributed by atoms with E-state index in [4.69, 9.17) is 4.74 Å². The Bertz CT molecular complexity index is 982. The van der Waals surface area contributed by atoms with Crippen molar-refractivity contribution < 1.29 is 13.2 Å². The fraction of sp³-hybridized carbons (Fsp3) is 0.600. The van der Waals surface area contributed by atoms with Gasteiger partial charge in [0.1, 0.15) is 0 Å². The highest BCUT2D eigenvalue weighted by Crippen LogP contribution is 2.48. The average molecular weight is 458 g/mol. The van der Waals surface area contributed by atoms with E-state index in [1.165, 1.54) is 31.1 Å². The minimum atomic E-state index is -3.14. The zero-order chi connectivity index (χ0) is 22.7. The van der Waals surface area contributed by atoms with Crippen LogP contribution < -0.4 is 4.90 Å². The van der Waals surface area contributed by atoms with Crippen LogP contribution in [0, 0.1) is 23.7 Å². The van der Waals surface area contributed by atoms with E-state index in [9.17, 15) is 8.42 Å². The van der Waals surface area contributed by atoms with Crippen molar-refractivity contribution in [2.75, 3.05) is 30.9 Å². The SMILES string of the molecule is CC(C)Cc1cnc(N2CCC([C@H]3C[C@H]3COCc3ccc(S(C)(=O)=O)cc3)CC2)nc1. The van der Waals surface area contributed by atoms with Crippen LogP contribution in [0.2, 0.25) is 0 Å². The monoisotopic (exact) mass is 457 g/mol. The molecule has 4 rings (SSSR count). The number of aromatic nitrogens is 2. The van der Waals surface area contributed by atoms with Gasteiger partial charge < -0.3 is 9.64 Å². The van der Waals surface area contributed by atoms with Crippen molar-refractivity contribution in [3.8, 4) is 0 Å². The van der Waals surface area contributed by atoms with Crippen LogP contribution in [0.25, 0.3) is 0 Å². The van der Waals surface area contributed by atoms with Gasteiger partial charge in [-0.25, -0.2) is 18.4 Å². The van der Waals surface area contributed by atoms with Crippen LogP contribution in [0.1, 0.15) is 44.2 Å². The molecule has 0 unspecified atom stereocenters. The molecule has 1 saturated carbocycles. The molecule has 0 radical (unpaired) electrons. The van der Waals surface area contributed by atoms with E-state index in [2.05, 4.69) is 28.7 Å². The Kier molecular flexibility index (Phi) is 7.15. The number of sulfone groups is 1. The van der Waals surface area contributed by atoms with Gasteiger partial charge in [-0.15, -0.1) is 0 Å². The number of ether oxygens (including phenoxy) is 1. The Morgan fingerprint density at radius 3 is 2.31 bits per heavy atom. The van der Waals surface area contributed by atoms with Crippen LogP contribution in [0.4, 0.5) is 5.95 Å². The lowest BCUT2D eigenvalue weighted by Gasteiger charge is -2.32. The minimum absolute atomic E-state index is 0.353. The lowest BCUT2D eigenvalue weighted by atomic mass is 9.91. The second kappa shape index (κ2) is 9.87. The highest BCUT2D eigenvalue weighted by Gasteiger charge is 2.43. The molecule has 0 bridgehead atoms. The molecule has 2 aromatic rings. The van der Waals surface area contributed by atoms with Gasteiger partial charge in [0.15, 0.2) is 9.84 Å². The standard InChI is InChI=1S/C25H35N3O3S/c1-18(2)12-20-14-26-25(27-15-20)28-10-8-21(9-11-28)24-13-22(24)17-31-16-19-4-6-23(7-5-19)32(3,29)30/h4-7,14-15,18,21-22,24H,8-13,16-17H2,1-3H3/t22-,24+/m0/s1. The van der Waals surface area contributed by atoms with Crippen molar-refractivity contribution in [1.29, 1.82) is 0 Å². The van der Waals surface area contributed by atoms with Crippen LogP contribution in [-0.2, 0) is 27.6 Å². The van der Waals surface area contributed by atoms with Crippen molar-refractivity contribution in [2.45, 2.75) is 51.0 Å². The van der Waals surface area contributed by atoms with Gasteiger partial charge in [-0.1, -0.05) is 26.0 Å². The first-order valence-electron chi connectivity index (χ1n) is 11.7. The number of anilines is 1. The van der Waals surface area contributed by atoms with E-state index >= 15 is 0 Å². The summed E-state index contributed by atoms with van der Waals surface area (Å²) < 4.78 is 29.0. The fourth-order valence-corrected chi connectivity index (χ4v) is 5.45. The van der Waals surface area contributed by atoms with Gasteiger partial charge in [0.05, 0.1) is 18.1 Å². The summed E-state index contributed by atoms with van der Waals surface area (Å²) in [7, 11) is -3.14. The normalized spacial score (nSPS) is 21.8. The quantitative estimate of drug-likeness (QED) is 0.563. The van der Waals surface area contributed by atoms with Crippen molar-refractivity contribution in [2.24, 2.45) is 23.7 Å². The first-order chi connectivity index (χ1) is 15.3. The van der Waals surface area contributed by atoms with E-state index in [0.29, 0.717) is 23.3 Å². The second-order valence-electron chi connectivity index (χ2n) is 9.90. The summed E-state index contributed by atoms with van der Waals surface area (Å²) in [5.74, 6) is 3.70. The zero-order valence-corrected chi connectivity index (χ0v) is 20.2. The fourth-order valence-electron chi connectivity index (χ4n) is 4.82. The number of nitrogens with zero attached hydrogens (tertiary/aromatic N) is 3. The summed E-state index contributed by atoms with van der Waals surface area (Å²) in [6.07, 6.45) is 9.88. The van der Waals surface area contributed by atoms with Gasteiger partial charge in [-0.3, -0.25) is 0 Å². The smallest absolute Gasteiger partial charge is 0.225 e. The maximum atomic E-state index is 11.6. The highest BCUT2D eigenvalue weighted by atomic mass is 32.2. The Morgan fingerprint density at radius 1 is 1.06 bits per heavy atom. The number of hydrogen-bond acceptors (Lipinski definition) is 6. The molecule has 1 saturated heterocycles. The molecular formula is C25H35N3O3S. The van der Waals surface area contributed by atoms with Crippen molar-refractivity contribution in [3.63, 3.8) is 0 Å². The molecule has 1 aromatic carbocycles. The average Bonchev–Trinajstić information content (AvgIpc) is 3.53. The summed E-state index contributed by atoms with van der Waals surface area (Å²) in [4.78, 5) is 11.9. The molecule has 2 aliphatic rings. The van der Waals surface area contributed by atoms with Crippen LogP contribution >= 0.6 is 0 Å². The molecule has 7 heteroatoms. The van der Waals surface area contributed by atoms with Crippen LogP contribution in [-0.4, -0.2) is 44.3 Å². The first kappa shape index (κ1) is 23.2. The largest absolute Gasteiger partial charge is 0.376 e. The molecule has 0 spiro atoms. The Balaban J connectivity index is 1.17. The van der Waals surface area contributed by atoms with Crippen LogP contribution in [0.3, 0.4) is 0 Å². The Morgan fingerprint density at radius 2 is 1.72 bits per heavy atom. The molecule has 1 aliphatic heterocycles. The predicted octanol–water partition coefficient (Wildman–Crippen LogP) is 4.15. The molecule has 1 aliphatic carbocycles. The molecule has 6 nitrogen and oxygen atoms in total. The van der Waals surface area contributed by atoms with Gasteiger partial charge in [-0.05, 0) is 72.6 Å². The zero-order valence-electron chi connectivity index (χ0n) is 19.4. The number of piperidine rings is 1. The first-order valence-corrected chi connectivity index (χ1v) is 13.6. The maximum absolute atomic E-state index is 11.6. The molecule has 2 heterocycles. The summed E-state index contributed by atoms with van der Waals surface area (Å²) in [6.45, 7) is 7.82. The number of rotatable bonds is 9. The Labute approximate surface area is 192 Å². The molecule has 2 fully saturated rings. The molecule has 1 aromatic heterocycles. The molecule has 174 valence electrons. The van der Waals surface area contributed by atoms with Crippen LogP contribution in [0.5, 0.6) is 0 Å². The second-order valence-corrected chi connectivity index (χ2v) is 11.9. The maximum Gasteiger partial charge on any atom is 0.225 e. The molecule has 2 atom stereocenters.